The fourth-order valence-electron chi connectivity index (χ4n) is 2.95. The van der Waals surface area contributed by atoms with E-state index >= 15 is 0 Å². The number of hydrogen-bond acceptors (Lipinski definition) is 4. The van der Waals surface area contributed by atoms with Crippen molar-refractivity contribution in [1.82, 2.24) is 5.43 Å². The van der Waals surface area contributed by atoms with Crippen LogP contribution < -0.4 is 16.0 Å². The molecule has 1 aliphatic heterocycles. The van der Waals surface area contributed by atoms with Crippen LogP contribution in [-0.4, -0.2) is 24.9 Å². The molecule has 118 valence electrons. The number of nitrogens with one attached hydrogen (secondary N) is 1. The van der Waals surface area contributed by atoms with Crippen LogP contribution in [0.4, 0.5) is 0 Å². The molecule has 0 bridgehead atoms. The van der Waals surface area contributed by atoms with Crippen molar-refractivity contribution in [3.05, 3.63) is 27.7 Å². The average molecular weight is 357 g/mol. The molecule has 2 unspecified atom stereocenters. The van der Waals surface area contributed by atoms with Crippen molar-refractivity contribution < 1.29 is 9.47 Å². The summed E-state index contributed by atoms with van der Waals surface area (Å²) in [5.74, 6) is 6.83. The maximum Gasteiger partial charge on any atom is 0.125 e. The molecule has 1 aromatic carbocycles. The molecule has 1 aliphatic rings. The summed E-state index contributed by atoms with van der Waals surface area (Å²) in [6, 6.07) is 4.29. The third kappa shape index (κ3) is 3.59. The largest absolute Gasteiger partial charge is 0.493 e. The van der Waals surface area contributed by atoms with Gasteiger partial charge in [0.25, 0.3) is 0 Å². The molecule has 0 saturated carbocycles. The van der Waals surface area contributed by atoms with Crippen LogP contribution in [0, 0.1) is 0 Å². The second kappa shape index (κ2) is 7.09. The molecule has 3 N–H and O–H groups in total. The van der Waals surface area contributed by atoms with Gasteiger partial charge in [-0.05, 0) is 49.9 Å². The minimum Gasteiger partial charge on any atom is -0.493 e. The predicted octanol–water partition coefficient (Wildman–Crippen LogP) is 2.96. The van der Waals surface area contributed by atoms with Crippen LogP contribution in [0.1, 0.15) is 38.3 Å². The molecule has 4 nitrogen and oxygen atoms in total. The molecule has 1 aromatic rings. The van der Waals surface area contributed by atoms with Gasteiger partial charge in [0.2, 0.25) is 0 Å². The number of rotatable bonds is 7. The van der Waals surface area contributed by atoms with E-state index in [9.17, 15) is 0 Å². The Labute approximate surface area is 135 Å². The fraction of sp³-hybridized carbons (Fsp3) is 0.625. The van der Waals surface area contributed by atoms with Gasteiger partial charge in [-0.25, -0.2) is 0 Å². The van der Waals surface area contributed by atoms with Crippen molar-refractivity contribution >= 4 is 15.9 Å². The quantitative estimate of drug-likeness (QED) is 0.582. The van der Waals surface area contributed by atoms with Crippen LogP contribution in [0.2, 0.25) is 0 Å². The zero-order valence-corrected chi connectivity index (χ0v) is 14.6. The van der Waals surface area contributed by atoms with Gasteiger partial charge >= 0.3 is 0 Å². The zero-order chi connectivity index (χ0) is 15.5. The van der Waals surface area contributed by atoms with Gasteiger partial charge in [-0.1, -0.05) is 22.9 Å². The summed E-state index contributed by atoms with van der Waals surface area (Å²) in [6.07, 6.45) is 2.65. The van der Waals surface area contributed by atoms with Gasteiger partial charge in [-0.3, -0.25) is 11.3 Å². The van der Waals surface area contributed by atoms with Crippen LogP contribution >= 0.6 is 15.9 Å². The number of hydrogen-bond donors (Lipinski definition) is 2. The van der Waals surface area contributed by atoms with E-state index in [0.717, 1.165) is 36.1 Å². The van der Waals surface area contributed by atoms with E-state index in [2.05, 4.69) is 47.3 Å². The molecule has 1 heterocycles. The molecular formula is C16H25BrN2O2. The van der Waals surface area contributed by atoms with Crippen molar-refractivity contribution in [1.29, 1.82) is 0 Å². The third-order valence-electron chi connectivity index (χ3n) is 4.36. The van der Waals surface area contributed by atoms with Crippen LogP contribution in [-0.2, 0) is 17.6 Å². The highest BCUT2D eigenvalue weighted by Gasteiger charge is 2.34. The number of nitrogens with two attached hydrogens (primary N) is 1. The summed E-state index contributed by atoms with van der Waals surface area (Å²) in [4.78, 5) is 0. The Balaban J connectivity index is 2.27. The first-order valence-electron chi connectivity index (χ1n) is 7.58. The van der Waals surface area contributed by atoms with E-state index < -0.39 is 0 Å². The molecule has 0 aliphatic carbocycles. The minimum absolute atomic E-state index is 0.0325. The van der Waals surface area contributed by atoms with Gasteiger partial charge in [0.1, 0.15) is 5.75 Å². The summed E-state index contributed by atoms with van der Waals surface area (Å²) in [6.45, 7) is 7.69. The van der Waals surface area contributed by atoms with E-state index in [1.165, 1.54) is 11.1 Å². The van der Waals surface area contributed by atoms with Crippen molar-refractivity contribution in [2.45, 2.75) is 51.7 Å². The molecule has 0 aromatic heterocycles. The number of ether oxygens (including phenoxy) is 2. The second-order valence-corrected chi connectivity index (χ2v) is 6.59. The average Bonchev–Trinajstić information content (AvgIpc) is 2.92. The Morgan fingerprint density at radius 2 is 2.24 bits per heavy atom. The Bertz CT molecular complexity index is 495. The molecule has 2 atom stereocenters. The van der Waals surface area contributed by atoms with Gasteiger partial charge in [0, 0.05) is 17.5 Å². The number of halogens is 1. The number of hydrazine groups is 1. The highest BCUT2D eigenvalue weighted by Crippen LogP contribution is 2.35. The Morgan fingerprint density at radius 1 is 1.48 bits per heavy atom. The predicted molar refractivity (Wildman–Crippen MR) is 88.5 cm³/mol. The summed E-state index contributed by atoms with van der Waals surface area (Å²) >= 11 is 3.59. The SMILES string of the molecule is CCOC(C)(CC)C(Cc1cc(Br)cc2c1OCC2)NN. The van der Waals surface area contributed by atoms with Crippen molar-refractivity contribution in [3.63, 3.8) is 0 Å². The maximum atomic E-state index is 5.96. The lowest BCUT2D eigenvalue weighted by Crippen LogP contribution is -2.54. The smallest absolute Gasteiger partial charge is 0.125 e. The number of benzene rings is 1. The lowest BCUT2D eigenvalue weighted by molar-refractivity contribution is -0.0551. The van der Waals surface area contributed by atoms with E-state index in [0.29, 0.717) is 6.61 Å². The molecule has 5 heteroatoms. The first-order valence-corrected chi connectivity index (χ1v) is 8.37. The van der Waals surface area contributed by atoms with Crippen molar-refractivity contribution in [3.8, 4) is 5.75 Å². The second-order valence-electron chi connectivity index (χ2n) is 5.67. The molecule has 0 fully saturated rings. The zero-order valence-electron chi connectivity index (χ0n) is 13.0. The van der Waals surface area contributed by atoms with E-state index in [4.69, 9.17) is 15.3 Å². The molecule has 2 rings (SSSR count). The first-order chi connectivity index (χ1) is 10.0. The third-order valence-corrected chi connectivity index (χ3v) is 4.82. The van der Waals surface area contributed by atoms with Crippen LogP contribution in [0.25, 0.3) is 0 Å². The van der Waals surface area contributed by atoms with E-state index in [1.807, 2.05) is 6.92 Å². The molecule has 21 heavy (non-hydrogen) atoms. The van der Waals surface area contributed by atoms with Gasteiger partial charge < -0.3 is 9.47 Å². The minimum atomic E-state index is -0.294. The molecule has 0 radical (unpaired) electrons. The lowest BCUT2D eigenvalue weighted by atomic mass is 9.88. The number of fused-ring (bicyclic) bond motifs is 1. The first kappa shape index (κ1) is 16.7. The van der Waals surface area contributed by atoms with Crippen LogP contribution in [0.15, 0.2) is 16.6 Å². The highest BCUT2D eigenvalue weighted by atomic mass is 79.9. The monoisotopic (exact) mass is 356 g/mol. The molecular weight excluding hydrogens is 332 g/mol. The summed E-state index contributed by atoms with van der Waals surface area (Å²) < 4.78 is 12.9. The van der Waals surface area contributed by atoms with E-state index in [1.54, 1.807) is 0 Å². The van der Waals surface area contributed by atoms with Gasteiger partial charge in [0.15, 0.2) is 0 Å². The van der Waals surface area contributed by atoms with Crippen LogP contribution in [0.3, 0.4) is 0 Å². The molecule has 0 saturated heterocycles. The Morgan fingerprint density at radius 3 is 2.86 bits per heavy atom. The van der Waals surface area contributed by atoms with Crippen molar-refractivity contribution in [2.75, 3.05) is 13.2 Å². The molecule has 0 spiro atoms. The standard InChI is InChI=1S/C16H25BrN2O2/c1-4-16(3,21-5-2)14(19-18)10-12-9-13(17)8-11-6-7-20-15(11)12/h8-9,14,19H,4-7,10,18H2,1-3H3. The topological polar surface area (TPSA) is 56.5 Å². The summed E-state index contributed by atoms with van der Waals surface area (Å²) in [7, 11) is 0. The van der Waals surface area contributed by atoms with Crippen molar-refractivity contribution in [2.24, 2.45) is 5.84 Å². The Kier molecular flexibility index (Phi) is 5.66. The van der Waals surface area contributed by atoms with E-state index in [-0.39, 0.29) is 11.6 Å². The van der Waals surface area contributed by atoms with Gasteiger partial charge in [0.05, 0.1) is 18.2 Å². The highest BCUT2D eigenvalue weighted by molar-refractivity contribution is 9.10. The van der Waals surface area contributed by atoms with Gasteiger partial charge in [-0.15, -0.1) is 0 Å². The normalized spacial score (nSPS) is 18.0. The van der Waals surface area contributed by atoms with Gasteiger partial charge in [-0.2, -0.15) is 0 Å². The maximum absolute atomic E-state index is 5.96. The summed E-state index contributed by atoms with van der Waals surface area (Å²) in [5.41, 5.74) is 5.10. The molecule has 0 amide bonds. The van der Waals surface area contributed by atoms with Crippen LogP contribution in [0.5, 0.6) is 5.75 Å². The Hall–Kier alpha value is -0.620. The lowest BCUT2D eigenvalue weighted by Gasteiger charge is -2.36. The fourth-order valence-corrected chi connectivity index (χ4v) is 3.50. The summed E-state index contributed by atoms with van der Waals surface area (Å²) in [5, 5.41) is 0.